The number of hydrogen-bond acceptors (Lipinski definition) is 3. The maximum absolute atomic E-state index is 12.9. The van der Waals surface area contributed by atoms with Gasteiger partial charge < -0.3 is 21.3 Å². The van der Waals surface area contributed by atoms with Gasteiger partial charge >= 0.3 is 6.03 Å². The van der Waals surface area contributed by atoms with E-state index in [9.17, 15) is 9.59 Å². The predicted molar refractivity (Wildman–Crippen MR) is 106 cm³/mol. The molecule has 2 rings (SSSR count). The van der Waals surface area contributed by atoms with Crippen LogP contribution in [0.2, 0.25) is 5.02 Å². The number of amides is 3. The Morgan fingerprint density at radius 1 is 1.35 bits per heavy atom. The summed E-state index contributed by atoms with van der Waals surface area (Å²) in [5, 5.41) is 5.95. The van der Waals surface area contributed by atoms with Crippen LogP contribution < -0.4 is 16.4 Å². The van der Waals surface area contributed by atoms with Crippen molar-refractivity contribution in [3.63, 3.8) is 0 Å². The summed E-state index contributed by atoms with van der Waals surface area (Å²) >= 11 is 6.25. The Labute approximate surface area is 160 Å². The molecule has 0 radical (unpaired) electrons. The zero-order valence-corrected chi connectivity index (χ0v) is 16.7. The van der Waals surface area contributed by atoms with E-state index in [1.807, 2.05) is 27.7 Å². The van der Waals surface area contributed by atoms with Gasteiger partial charge in [-0.3, -0.25) is 4.79 Å². The summed E-state index contributed by atoms with van der Waals surface area (Å²) in [6.45, 7) is 9.00. The third kappa shape index (κ3) is 5.61. The van der Waals surface area contributed by atoms with E-state index in [1.165, 1.54) is 0 Å². The van der Waals surface area contributed by atoms with E-state index < -0.39 is 0 Å². The smallest absolute Gasteiger partial charge is 0.319 e. The molecule has 1 aromatic carbocycles. The highest BCUT2D eigenvalue weighted by molar-refractivity contribution is 6.34. The maximum Gasteiger partial charge on any atom is 0.319 e. The van der Waals surface area contributed by atoms with Crippen molar-refractivity contribution >= 4 is 29.2 Å². The van der Waals surface area contributed by atoms with Crippen molar-refractivity contribution < 1.29 is 9.59 Å². The SMILES string of the molecule is CC(N)C1CCCN(C(=O)c2cc(NC(=O)NC(C)(C)C)ccc2Cl)C1. The molecular formula is C19H29ClN4O2. The molecule has 0 aromatic heterocycles. The molecule has 0 bridgehead atoms. The minimum atomic E-state index is -0.350. The Kier molecular flexibility index (Phi) is 6.53. The minimum absolute atomic E-state index is 0.0511. The average Bonchev–Trinajstić information content (AvgIpc) is 2.54. The molecule has 3 amide bonds. The third-order valence-corrected chi connectivity index (χ3v) is 4.76. The van der Waals surface area contributed by atoms with E-state index >= 15 is 0 Å². The fourth-order valence-corrected chi connectivity index (χ4v) is 3.26. The van der Waals surface area contributed by atoms with Crippen LogP contribution in [0.15, 0.2) is 18.2 Å². The molecule has 0 aliphatic carbocycles. The number of urea groups is 1. The molecule has 144 valence electrons. The molecule has 1 aliphatic heterocycles. The number of benzene rings is 1. The van der Waals surface area contributed by atoms with Gasteiger partial charge in [0.25, 0.3) is 5.91 Å². The molecule has 1 aliphatic rings. The van der Waals surface area contributed by atoms with Crippen molar-refractivity contribution in [2.75, 3.05) is 18.4 Å². The molecular weight excluding hydrogens is 352 g/mol. The molecule has 7 heteroatoms. The number of carbonyl (C=O) groups excluding carboxylic acids is 2. The van der Waals surface area contributed by atoms with Crippen LogP contribution in [0.25, 0.3) is 0 Å². The Bertz CT molecular complexity index is 670. The van der Waals surface area contributed by atoms with Gasteiger partial charge in [-0.05, 0) is 64.7 Å². The number of nitrogens with two attached hydrogens (primary N) is 1. The summed E-state index contributed by atoms with van der Waals surface area (Å²) in [5.41, 5.74) is 6.58. The number of anilines is 1. The second-order valence-corrected chi connectivity index (χ2v) is 8.44. The van der Waals surface area contributed by atoms with Gasteiger partial charge in [0.15, 0.2) is 0 Å². The number of hydrogen-bond donors (Lipinski definition) is 3. The fourth-order valence-electron chi connectivity index (χ4n) is 3.06. The van der Waals surface area contributed by atoms with Crippen molar-refractivity contribution in [3.8, 4) is 0 Å². The number of rotatable bonds is 3. The number of likely N-dealkylation sites (tertiary alicyclic amines) is 1. The van der Waals surface area contributed by atoms with Crippen LogP contribution in [-0.4, -0.2) is 41.5 Å². The van der Waals surface area contributed by atoms with Gasteiger partial charge in [-0.1, -0.05) is 11.6 Å². The summed E-state index contributed by atoms with van der Waals surface area (Å²) in [6, 6.07) is 4.67. The van der Waals surface area contributed by atoms with Crippen LogP contribution in [0.3, 0.4) is 0 Å². The van der Waals surface area contributed by atoms with Gasteiger partial charge in [-0.15, -0.1) is 0 Å². The molecule has 2 unspecified atom stereocenters. The second-order valence-electron chi connectivity index (χ2n) is 8.04. The topological polar surface area (TPSA) is 87.5 Å². The lowest BCUT2D eigenvalue weighted by atomic mass is 9.92. The number of nitrogens with zero attached hydrogens (tertiary/aromatic N) is 1. The molecule has 2 atom stereocenters. The highest BCUT2D eigenvalue weighted by atomic mass is 35.5. The van der Waals surface area contributed by atoms with Crippen LogP contribution in [0.1, 0.15) is 50.9 Å². The van der Waals surface area contributed by atoms with E-state index in [0.29, 0.717) is 35.3 Å². The number of nitrogens with one attached hydrogen (secondary N) is 2. The molecule has 1 fully saturated rings. The van der Waals surface area contributed by atoms with E-state index in [2.05, 4.69) is 10.6 Å². The first kappa shape index (κ1) is 20.5. The lowest BCUT2D eigenvalue weighted by Gasteiger charge is -2.34. The highest BCUT2D eigenvalue weighted by Crippen LogP contribution is 2.26. The third-order valence-electron chi connectivity index (χ3n) is 4.43. The summed E-state index contributed by atoms with van der Waals surface area (Å²) in [5.74, 6) is 0.172. The van der Waals surface area contributed by atoms with E-state index in [-0.39, 0.29) is 23.5 Å². The van der Waals surface area contributed by atoms with Crippen LogP contribution in [0.4, 0.5) is 10.5 Å². The van der Waals surface area contributed by atoms with Crippen LogP contribution in [0, 0.1) is 5.92 Å². The molecule has 6 nitrogen and oxygen atoms in total. The number of halogens is 1. The first-order valence-electron chi connectivity index (χ1n) is 9.00. The Morgan fingerprint density at radius 2 is 2.04 bits per heavy atom. The van der Waals surface area contributed by atoms with Gasteiger partial charge in [-0.25, -0.2) is 4.79 Å². The van der Waals surface area contributed by atoms with Crippen LogP contribution in [-0.2, 0) is 0 Å². The molecule has 1 saturated heterocycles. The zero-order chi connectivity index (χ0) is 19.5. The highest BCUT2D eigenvalue weighted by Gasteiger charge is 2.27. The van der Waals surface area contributed by atoms with Crippen molar-refractivity contribution in [3.05, 3.63) is 28.8 Å². The fraction of sp³-hybridized carbons (Fsp3) is 0.579. The lowest BCUT2D eigenvalue weighted by molar-refractivity contribution is 0.0661. The normalized spacial score (nSPS) is 19.0. The van der Waals surface area contributed by atoms with Crippen LogP contribution in [0.5, 0.6) is 0 Å². The Morgan fingerprint density at radius 3 is 2.65 bits per heavy atom. The first-order valence-corrected chi connectivity index (χ1v) is 9.38. The van der Waals surface area contributed by atoms with Gasteiger partial charge in [-0.2, -0.15) is 0 Å². The van der Waals surface area contributed by atoms with Crippen molar-refractivity contribution in [2.24, 2.45) is 11.7 Å². The minimum Gasteiger partial charge on any atom is -0.338 e. The Hall–Kier alpha value is -1.79. The summed E-state index contributed by atoms with van der Waals surface area (Å²) < 4.78 is 0. The van der Waals surface area contributed by atoms with E-state index in [4.69, 9.17) is 17.3 Å². The van der Waals surface area contributed by atoms with Gasteiger partial charge in [0.05, 0.1) is 10.6 Å². The quantitative estimate of drug-likeness (QED) is 0.750. The zero-order valence-electron chi connectivity index (χ0n) is 15.9. The van der Waals surface area contributed by atoms with Crippen molar-refractivity contribution in [1.82, 2.24) is 10.2 Å². The molecule has 1 aromatic rings. The lowest BCUT2D eigenvalue weighted by Crippen LogP contribution is -2.45. The molecule has 0 saturated carbocycles. The molecule has 26 heavy (non-hydrogen) atoms. The van der Waals surface area contributed by atoms with Gasteiger partial charge in [0.2, 0.25) is 0 Å². The number of carbonyl (C=O) groups is 2. The molecule has 0 spiro atoms. The monoisotopic (exact) mass is 380 g/mol. The van der Waals surface area contributed by atoms with Crippen molar-refractivity contribution in [1.29, 1.82) is 0 Å². The summed E-state index contributed by atoms with van der Waals surface area (Å²) in [6.07, 6.45) is 1.96. The summed E-state index contributed by atoms with van der Waals surface area (Å²) in [7, 11) is 0. The first-order chi connectivity index (χ1) is 12.1. The predicted octanol–water partition coefficient (Wildman–Crippen LogP) is 3.46. The van der Waals surface area contributed by atoms with E-state index in [0.717, 1.165) is 12.8 Å². The average molecular weight is 381 g/mol. The Balaban J connectivity index is 2.13. The largest absolute Gasteiger partial charge is 0.338 e. The van der Waals surface area contributed by atoms with Gasteiger partial charge in [0.1, 0.15) is 0 Å². The summed E-state index contributed by atoms with van der Waals surface area (Å²) in [4.78, 5) is 26.8. The van der Waals surface area contributed by atoms with Crippen LogP contribution >= 0.6 is 11.6 Å². The molecule has 1 heterocycles. The van der Waals surface area contributed by atoms with Crippen molar-refractivity contribution in [2.45, 2.75) is 52.1 Å². The standard InChI is InChI=1S/C19H29ClN4O2/c1-12(21)13-6-5-9-24(11-13)17(25)15-10-14(7-8-16(15)20)22-18(26)23-19(2,3)4/h7-8,10,12-13H,5-6,9,11,21H2,1-4H3,(H2,22,23,26). The van der Waals surface area contributed by atoms with E-state index in [1.54, 1.807) is 23.1 Å². The maximum atomic E-state index is 12.9. The second kappa shape index (κ2) is 8.27. The number of piperidine rings is 1. The molecule has 4 N–H and O–H groups in total. The van der Waals surface area contributed by atoms with Gasteiger partial charge in [0, 0.05) is 30.4 Å².